The van der Waals surface area contributed by atoms with Gasteiger partial charge in [0.05, 0.1) is 12.7 Å². The Kier molecular flexibility index (Phi) is 2.46. The molecule has 0 amide bonds. The summed E-state index contributed by atoms with van der Waals surface area (Å²) in [6, 6.07) is 0. The number of rotatable bonds is 0. The molecule has 1 aliphatic carbocycles. The molecule has 0 bridgehead atoms. The third-order valence-electron chi connectivity index (χ3n) is 3.82. The maximum atomic E-state index is 12.6. The predicted octanol–water partition coefficient (Wildman–Crippen LogP) is 1.39. The number of Topliss-reactive ketones (excluding diaryl/α,β-unsaturated/α-hetero) is 1. The Hall–Kier alpha value is -0.490. The summed E-state index contributed by atoms with van der Waals surface area (Å²) in [6.07, 6.45) is 0.728. The second-order valence-electron chi connectivity index (χ2n) is 6.28. The molecule has 2 heterocycles. The minimum atomic E-state index is -0.839. The Balaban J connectivity index is 1.84. The van der Waals surface area contributed by atoms with E-state index in [1.54, 1.807) is 0 Å². The van der Waals surface area contributed by atoms with Gasteiger partial charge < -0.3 is 18.9 Å². The highest BCUT2D eigenvalue weighted by atomic mass is 16.8. The number of carbonyl (C=O) groups is 1. The van der Waals surface area contributed by atoms with E-state index in [4.69, 9.17) is 18.9 Å². The molecular weight excluding hydrogens is 236 g/mol. The monoisotopic (exact) mass is 256 g/mol. The topological polar surface area (TPSA) is 54.0 Å². The van der Waals surface area contributed by atoms with Crippen molar-refractivity contribution < 1.29 is 23.7 Å². The van der Waals surface area contributed by atoms with Gasteiger partial charge in [-0.15, -0.1) is 0 Å². The first-order valence-corrected chi connectivity index (χ1v) is 6.47. The zero-order chi connectivity index (χ0) is 13.2. The molecule has 0 aromatic carbocycles. The largest absolute Gasteiger partial charge is 0.347 e. The Morgan fingerprint density at radius 1 is 1.11 bits per heavy atom. The molecule has 0 aromatic rings. The van der Waals surface area contributed by atoms with Crippen LogP contribution in [0.3, 0.4) is 0 Å². The predicted molar refractivity (Wildman–Crippen MR) is 61.9 cm³/mol. The summed E-state index contributed by atoms with van der Waals surface area (Å²) in [5.74, 6) is -1.42. The highest BCUT2D eigenvalue weighted by Crippen LogP contribution is 2.44. The second-order valence-corrected chi connectivity index (χ2v) is 6.28. The van der Waals surface area contributed by atoms with Gasteiger partial charge in [-0.25, -0.2) is 0 Å². The molecule has 3 rings (SSSR count). The maximum absolute atomic E-state index is 12.6. The number of fused-ring (bicyclic) bond motifs is 1. The van der Waals surface area contributed by atoms with Crippen molar-refractivity contribution in [1.82, 2.24) is 0 Å². The molecule has 2 saturated heterocycles. The van der Waals surface area contributed by atoms with Crippen molar-refractivity contribution in [2.24, 2.45) is 0 Å². The molecule has 0 radical (unpaired) electrons. The summed E-state index contributed by atoms with van der Waals surface area (Å²) in [5.41, 5.74) is -0.839. The van der Waals surface area contributed by atoms with Gasteiger partial charge >= 0.3 is 0 Å². The Morgan fingerprint density at radius 3 is 2.44 bits per heavy atom. The van der Waals surface area contributed by atoms with Gasteiger partial charge in [0.1, 0.15) is 6.10 Å². The van der Waals surface area contributed by atoms with E-state index >= 15 is 0 Å². The normalized spacial score (nSPS) is 45.4. The quantitative estimate of drug-likeness (QED) is 0.655. The van der Waals surface area contributed by atoms with Crippen LogP contribution in [0, 0.1) is 0 Å². The Morgan fingerprint density at radius 2 is 1.83 bits per heavy atom. The molecule has 1 spiro atoms. The third-order valence-corrected chi connectivity index (χ3v) is 3.82. The minimum Gasteiger partial charge on any atom is -0.347 e. The molecule has 5 heteroatoms. The van der Waals surface area contributed by atoms with Crippen LogP contribution in [0.15, 0.2) is 0 Å². The molecule has 5 nitrogen and oxygen atoms in total. The van der Waals surface area contributed by atoms with Gasteiger partial charge in [0, 0.05) is 0 Å². The molecule has 1 saturated carbocycles. The van der Waals surface area contributed by atoms with Crippen molar-refractivity contribution in [3.8, 4) is 0 Å². The highest BCUT2D eigenvalue weighted by molar-refractivity contribution is 5.93. The fourth-order valence-corrected chi connectivity index (χ4v) is 3.09. The van der Waals surface area contributed by atoms with Gasteiger partial charge in [0.2, 0.25) is 0 Å². The van der Waals surface area contributed by atoms with E-state index in [-0.39, 0.29) is 11.9 Å². The van der Waals surface area contributed by atoms with E-state index in [2.05, 4.69) is 0 Å². The summed E-state index contributed by atoms with van der Waals surface area (Å²) in [6.45, 7) is 7.64. The van der Waals surface area contributed by atoms with Crippen molar-refractivity contribution >= 4 is 5.78 Å². The molecule has 2 aliphatic heterocycles. The Labute approximate surface area is 107 Å². The van der Waals surface area contributed by atoms with E-state index in [1.165, 1.54) is 0 Å². The summed E-state index contributed by atoms with van der Waals surface area (Å²) in [7, 11) is 0. The zero-order valence-corrected chi connectivity index (χ0v) is 11.3. The summed E-state index contributed by atoms with van der Waals surface area (Å²) >= 11 is 0. The first kappa shape index (κ1) is 12.5. The van der Waals surface area contributed by atoms with Crippen LogP contribution in [-0.4, -0.2) is 41.8 Å². The van der Waals surface area contributed by atoms with Crippen LogP contribution in [0.4, 0.5) is 0 Å². The van der Waals surface area contributed by atoms with Crippen molar-refractivity contribution in [1.29, 1.82) is 0 Å². The molecule has 0 unspecified atom stereocenters. The molecule has 3 atom stereocenters. The molecule has 0 N–H and O–H groups in total. The van der Waals surface area contributed by atoms with Crippen molar-refractivity contribution in [3.63, 3.8) is 0 Å². The van der Waals surface area contributed by atoms with Crippen LogP contribution in [0.2, 0.25) is 0 Å². The van der Waals surface area contributed by atoms with Crippen LogP contribution >= 0.6 is 0 Å². The SMILES string of the molecule is CC1(C)O[C@@H]2CC[C@]3(COC(C)(C)O3)C(=O)[C@@H]2O1. The molecular formula is C13H20O5. The van der Waals surface area contributed by atoms with E-state index in [0.717, 1.165) is 6.42 Å². The smallest absolute Gasteiger partial charge is 0.198 e. The number of carbonyl (C=O) groups excluding carboxylic acids is 1. The summed E-state index contributed by atoms with van der Waals surface area (Å²) in [4.78, 5) is 12.6. The van der Waals surface area contributed by atoms with Gasteiger partial charge in [-0.2, -0.15) is 0 Å². The van der Waals surface area contributed by atoms with E-state index in [0.29, 0.717) is 13.0 Å². The van der Waals surface area contributed by atoms with Crippen LogP contribution in [0.5, 0.6) is 0 Å². The minimum absolute atomic E-state index is 0.0325. The standard InChI is InChI=1S/C13H20O5/c1-11(2)15-7-13(18-11)6-5-8-9(10(13)14)17-12(3,4)16-8/h8-9H,5-7H2,1-4H3/t8-,9-,13+/m1/s1. The molecule has 3 aliphatic rings. The summed E-state index contributed by atoms with van der Waals surface area (Å²) in [5, 5.41) is 0. The van der Waals surface area contributed by atoms with Crippen molar-refractivity contribution in [2.45, 2.75) is 69.9 Å². The lowest BCUT2D eigenvalue weighted by atomic mass is 9.81. The third kappa shape index (κ3) is 1.81. The first-order chi connectivity index (χ1) is 8.23. The van der Waals surface area contributed by atoms with E-state index in [9.17, 15) is 4.79 Å². The first-order valence-electron chi connectivity index (χ1n) is 6.47. The number of ether oxygens (including phenoxy) is 4. The number of ketones is 1. The fraction of sp³-hybridized carbons (Fsp3) is 0.923. The second kappa shape index (κ2) is 3.54. The number of hydrogen-bond acceptors (Lipinski definition) is 5. The van der Waals surface area contributed by atoms with Crippen LogP contribution in [-0.2, 0) is 23.7 Å². The van der Waals surface area contributed by atoms with Crippen LogP contribution < -0.4 is 0 Å². The maximum Gasteiger partial charge on any atom is 0.198 e. The van der Waals surface area contributed by atoms with Gasteiger partial charge in [0.25, 0.3) is 0 Å². The molecule has 3 fully saturated rings. The summed E-state index contributed by atoms with van der Waals surface area (Å²) < 4.78 is 22.9. The zero-order valence-electron chi connectivity index (χ0n) is 11.3. The lowest BCUT2D eigenvalue weighted by molar-refractivity contribution is -0.185. The number of hydrogen-bond donors (Lipinski definition) is 0. The van der Waals surface area contributed by atoms with Crippen LogP contribution in [0.25, 0.3) is 0 Å². The van der Waals surface area contributed by atoms with E-state index < -0.39 is 23.3 Å². The van der Waals surface area contributed by atoms with Crippen LogP contribution in [0.1, 0.15) is 40.5 Å². The highest BCUT2D eigenvalue weighted by Gasteiger charge is 2.60. The fourth-order valence-electron chi connectivity index (χ4n) is 3.09. The lowest BCUT2D eigenvalue weighted by Gasteiger charge is -2.35. The molecule has 18 heavy (non-hydrogen) atoms. The van der Waals surface area contributed by atoms with Crippen molar-refractivity contribution in [3.05, 3.63) is 0 Å². The molecule has 0 aromatic heterocycles. The molecule has 102 valence electrons. The van der Waals surface area contributed by atoms with Gasteiger partial charge in [0.15, 0.2) is 23.0 Å². The van der Waals surface area contributed by atoms with Gasteiger partial charge in [-0.3, -0.25) is 4.79 Å². The average Bonchev–Trinajstić information content (AvgIpc) is 2.71. The lowest BCUT2D eigenvalue weighted by Crippen LogP contribution is -2.55. The Bertz CT molecular complexity index is 387. The van der Waals surface area contributed by atoms with Crippen molar-refractivity contribution in [2.75, 3.05) is 6.61 Å². The van der Waals surface area contributed by atoms with Gasteiger partial charge in [-0.1, -0.05) is 0 Å². The van der Waals surface area contributed by atoms with Gasteiger partial charge in [-0.05, 0) is 40.5 Å². The average molecular weight is 256 g/mol. The van der Waals surface area contributed by atoms with E-state index in [1.807, 2.05) is 27.7 Å².